The number of nitrogens with one attached hydrogen (secondary N) is 3. The van der Waals surface area contributed by atoms with Crippen LogP contribution in [0.4, 0.5) is 0 Å². The van der Waals surface area contributed by atoms with Crippen molar-refractivity contribution in [3.05, 3.63) is 42.2 Å². The number of hydrogen-bond acceptors (Lipinski definition) is 4. The van der Waals surface area contributed by atoms with Crippen LogP contribution in [0.2, 0.25) is 0 Å². The van der Waals surface area contributed by atoms with Crippen molar-refractivity contribution in [2.45, 2.75) is 32.7 Å². The Hall–Kier alpha value is -2.90. The molecular formula is C18H26N8. The first-order valence-electron chi connectivity index (χ1n) is 9.05. The van der Waals surface area contributed by atoms with Crippen LogP contribution in [0.15, 0.2) is 35.6 Å². The van der Waals surface area contributed by atoms with Gasteiger partial charge in [-0.15, -0.1) is 10.2 Å². The monoisotopic (exact) mass is 354 g/mol. The minimum absolute atomic E-state index is 0.772. The summed E-state index contributed by atoms with van der Waals surface area (Å²) in [6.45, 7) is 4.50. The average molecular weight is 354 g/mol. The van der Waals surface area contributed by atoms with E-state index in [1.165, 1.54) is 0 Å². The molecule has 3 rings (SSSR count). The van der Waals surface area contributed by atoms with E-state index in [1.54, 1.807) is 13.4 Å². The Kier molecular flexibility index (Phi) is 6.19. The number of imidazole rings is 1. The molecule has 138 valence electrons. The molecule has 0 saturated heterocycles. The third-order valence-electron chi connectivity index (χ3n) is 4.20. The lowest BCUT2D eigenvalue weighted by atomic mass is 10.3. The lowest BCUT2D eigenvalue weighted by Gasteiger charge is -2.12. The van der Waals surface area contributed by atoms with E-state index in [1.807, 2.05) is 18.2 Å². The maximum Gasteiger partial charge on any atom is 0.191 e. The summed E-state index contributed by atoms with van der Waals surface area (Å²) < 4.78 is 2.06. The highest BCUT2D eigenvalue weighted by Gasteiger charge is 2.04. The summed E-state index contributed by atoms with van der Waals surface area (Å²) in [5.41, 5.74) is 2.11. The molecule has 0 spiro atoms. The van der Waals surface area contributed by atoms with Crippen molar-refractivity contribution in [2.24, 2.45) is 4.99 Å². The Bertz CT molecular complexity index is 815. The Morgan fingerprint density at radius 3 is 2.88 bits per heavy atom. The first kappa shape index (κ1) is 17.9. The van der Waals surface area contributed by atoms with E-state index in [0.717, 1.165) is 67.5 Å². The summed E-state index contributed by atoms with van der Waals surface area (Å²) in [7, 11) is 1.78. The highest BCUT2D eigenvalue weighted by Crippen LogP contribution is 2.11. The van der Waals surface area contributed by atoms with Crippen molar-refractivity contribution in [1.82, 2.24) is 35.4 Å². The van der Waals surface area contributed by atoms with Crippen LogP contribution in [0.3, 0.4) is 0 Å². The number of nitrogens with zero attached hydrogens (tertiary/aromatic N) is 5. The number of guanidine groups is 1. The van der Waals surface area contributed by atoms with Crippen molar-refractivity contribution in [1.29, 1.82) is 0 Å². The maximum absolute atomic E-state index is 4.60. The normalized spacial score (nSPS) is 11.8. The van der Waals surface area contributed by atoms with Gasteiger partial charge in [0, 0.05) is 39.5 Å². The summed E-state index contributed by atoms with van der Waals surface area (Å²) in [4.78, 5) is 12.2. The van der Waals surface area contributed by atoms with Crippen molar-refractivity contribution in [2.75, 3.05) is 20.1 Å². The van der Waals surface area contributed by atoms with Gasteiger partial charge in [-0.1, -0.05) is 19.1 Å². The van der Waals surface area contributed by atoms with Crippen LogP contribution >= 0.6 is 0 Å². The van der Waals surface area contributed by atoms with Gasteiger partial charge in [-0.25, -0.2) is 4.98 Å². The quantitative estimate of drug-likeness (QED) is 0.324. The van der Waals surface area contributed by atoms with E-state index in [4.69, 9.17) is 0 Å². The van der Waals surface area contributed by atoms with Crippen LogP contribution < -0.4 is 10.6 Å². The Morgan fingerprint density at radius 2 is 2.08 bits per heavy atom. The minimum atomic E-state index is 0.772. The smallest absolute Gasteiger partial charge is 0.191 e. The molecule has 0 saturated carbocycles. The molecule has 0 aliphatic heterocycles. The fourth-order valence-corrected chi connectivity index (χ4v) is 2.84. The number of aromatic amines is 1. The molecule has 0 aliphatic rings. The van der Waals surface area contributed by atoms with Crippen molar-refractivity contribution >= 4 is 17.0 Å². The number of rotatable bonds is 8. The zero-order chi connectivity index (χ0) is 18.2. The van der Waals surface area contributed by atoms with Gasteiger partial charge in [0.15, 0.2) is 5.96 Å². The van der Waals surface area contributed by atoms with Gasteiger partial charge >= 0.3 is 0 Å². The zero-order valence-corrected chi connectivity index (χ0v) is 15.4. The maximum atomic E-state index is 4.60. The molecular weight excluding hydrogens is 328 g/mol. The molecule has 8 heteroatoms. The number of aryl methyl sites for hydroxylation is 2. The van der Waals surface area contributed by atoms with Crippen LogP contribution in [0.1, 0.15) is 25.0 Å². The third kappa shape index (κ3) is 4.59. The average Bonchev–Trinajstić information content (AvgIpc) is 3.29. The fourth-order valence-electron chi connectivity index (χ4n) is 2.84. The van der Waals surface area contributed by atoms with Crippen molar-refractivity contribution < 1.29 is 0 Å². The number of fused-ring (bicyclic) bond motifs is 1. The molecule has 8 nitrogen and oxygen atoms in total. The van der Waals surface area contributed by atoms with E-state index >= 15 is 0 Å². The van der Waals surface area contributed by atoms with Gasteiger partial charge in [0.05, 0.1) is 11.0 Å². The van der Waals surface area contributed by atoms with Crippen LogP contribution in [0, 0.1) is 0 Å². The summed E-state index contributed by atoms with van der Waals surface area (Å²) in [6, 6.07) is 8.10. The minimum Gasteiger partial charge on any atom is -0.356 e. The highest BCUT2D eigenvalue weighted by atomic mass is 15.3. The van der Waals surface area contributed by atoms with Crippen LogP contribution in [0.5, 0.6) is 0 Å². The second kappa shape index (κ2) is 8.98. The molecule has 0 aliphatic carbocycles. The molecule has 2 heterocycles. The predicted octanol–water partition coefficient (Wildman–Crippen LogP) is 1.51. The Morgan fingerprint density at radius 1 is 1.23 bits per heavy atom. The number of H-pyrrole nitrogens is 1. The number of benzene rings is 1. The molecule has 0 radical (unpaired) electrons. The number of aliphatic imine (C=N–C) groups is 1. The van der Waals surface area contributed by atoms with E-state index in [0.29, 0.717) is 0 Å². The van der Waals surface area contributed by atoms with E-state index < -0.39 is 0 Å². The van der Waals surface area contributed by atoms with Gasteiger partial charge in [-0.2, -0.15) is 0 Å². The number of aromatic nitrogens is 5. The van der Waals surface area contributed by atoms with E-state index in [-0.39, 0.29) is 0 Å². The summed E-state index contributed by atoms with van der Waals surface area (Å²) >= 11 is 0. The van der Waals surface area contributed by atoms with Crippen LogP contribution in [0.25, 0.3) is 11.0 Å². The molecule has 0 amide bonds. The Balaban J connectivity index is 1.37. The summed E-state index contributed by atoms with van der Waals surface area (Å²) in [5, 5.41) is 14.7. The molecule has 0 atom stereocenters. The highest BCUT2D eigenvalue weighted by molar-refractivity contribution is 5.79. The van der Waals surface area contributed by atoms with Gasteiger partial charge in [-0.3, -0.25) is 4.99 Å². The molecule has 3 N–H and O–H groups in total. The van der Waals surface area contributed by atoms with Gasteiger partial charge in [0.1, 0.15) is 18.0 Å². The topological polar surface area (TPSA) is 95.8 Å². The number of para-hydroxylation sites is 2. The molecule has 0 bridgehead atoms. The second-order valence-corrected chi connectivity index (χ2v) is 6.02. The van der Waals surface area contributed by atoms with E-state index in [9.17, 15) is 0 Å². The molecule has 0 fully saturated rings. The number of hydrogen-bond donors (Lipinski definition) is 3. The largest absolute Gasteiger partial charge is 0.356 e. The van der Waals surface area contributed by atoms with Gasteiger partial charge < -0.3 is 20.2 Å². The van der Waals surface area contributed by atoms with Crippen molar-refractivity contribution in [3.63, 3.8) is 0 Å². The zero-order valence-electron chi connectivity index (χ0n) is 15.4. The first-order valence-corrected chi connectivity index (χ1v) is 9.05. The summed E-state index contributed by atoms with van der Waals surface area (Å²) in [6.07, 6.45) is 4.53. The molecule has 26 heavy (non-hydrogen) atoms. The van der Waals surface area contributed by atoms with Crippen molar-refractivity contribution in [3.8, 4) is 0 Å². The molecule has 2 aromatic heterocycles. The third-order valence-corrected chi connectivity index (χ3v) is 4.20. The first-order chi connectivity index (χ1) is 12.8. The lowest BCUT2D eigenvalue weighted by molar-refractivity contribution is 0.630. The van der Waals surface area contributed by atoms with Gasteiger partial charge in [-0.05, 0) is 18.6 Å². The van der Waals surface area contributed by atoms with Gasteiger partial charge in [0.25, 0.3) is 0 Å². The molecule has 3 aromatic rings. The lowest BCUT2D eigenvalue weighted by Crippen LogP contribution is -2.39. The molecule has 1 aromatic carbocycles. The molecule has 0 unspecified atom stereocenters. The van der Waals surface area contributed by atoms with Crippen LogP contribution in [-0.2, 0) is 19.4 Å². The fraction of sp³-hybridized carbons (Fsp3) is 0.444. The van der Waals surface area contributed by atoms with E-state index in [2.05, 4.69) is 53.3 Å². The Labute approximate surface area is 153 Å². The van der Waals surface area contributed by atoms with Gasteiger partial charge in [0.2, 0.25) is 0 Å². The predicted molar refractivity (Wildman–Crippen MR) is 103 cm³/mol. The summed E-state index contributed by atoms with van der Waals surface area (Å²) in [5.74, 6) is 2.83. The second-order valence-electron chi connectivity index (χ2n) is 6.02. The standard InChI is InChI=1S/C18H26N8/c1-3-17-25-22-13-26(17)12-11-21-18(19-2)20-10-6-9-16-23-14-7-4-5-8-15(14)24-16/h4-5,7-8,13H,3,6,9-12H2,1-2H3,(H,23,24)(H2,19,20,21). The van der Waals surface area contributed by atoms with Crippen LogP contribution in [-0.4, -0.2) is 50.8 Å². The SMILES string of the molecule is CCc1nncn1CCNC(=NC)NCCCc1nc2ccccc2[nH]1.